The predicted molar refractivity (Wildman–Crippen MR) is 84.8 cm³/mol. The summed E-state index contributed by atoms with van der Waals surface area (Å²) in [6.07, 6.45) is 2.20. The minimum Gasteiger partial charge on any atom is -0.334 e. The van der Waals surface area contributed by atoms with Crippen LogP contribution >= 0.6 is 0 Å². The van der Waals surface area contributed by atoms with Crippen LogP contribution in [0.25, 0.3) is 0 Å². The van der Waals surface area contributed by atoms with Crippen LogP contribution in [0.15, 0.2) is 30.6 Å². The number of halogens is 3. The highest BCUT2D eigenvalue weighted by Crippen LogP contribution is 2.30. The monoisotopic (exact) mass is 352 g/mol. The average molecular weight is 352 g/mol. The molecule has 0 N–H and O–H groups in total. The zero-order valence-electron chi connectivity index (χ0n) is 13.8. The molecule has 2 aromatic rings. The van der Waals surface area contributed by atoms with Crippen LogP contribution in [0.3, 0.4) is 0 Å². The molecule has 25 heavy (non-hydrogen) atoms. The van der Waals surface area contributed by atoms with Gasteiger partial charge in [0.15, 0.2) is 5.69 Å². The molecule has 1 aliphatic rings. The van der Waals surface area contributed by atoms with E-state index in [-0.39, 0.29) is 11.7 Å². The molecular weight excluding hydrogens is 333 g/mol. The number of amides is 1. The largest absolute Gasteiger partial charge is 0.433 e. The molecule has 3 rings (SSSR count). The number of carbonyl (C=O) groups is 1. The lowest BCUT2D eigenvalue weighted by molar-refractivity contribution is -0.143. The lowest BCUT2D eigenvalue weighted by Crippen LogP contribution is -2.36. The average Bonchev–Trinajstić information content (AvgIpc) is 3.19. The van der Waals surface area contributed by atoms with Crippen LogP contribution < -0.4 is 0 Å². The van der Waals surface area contributed by atoms with Crippen LogP contribution in [0.4, 0.5) is 13.2 Å². The highest BCUT2D eigenvalue weighted by molar-refractivity contribution is 5.92. The molecule has 0 aliphatic carbocycles. The zero-order chi connectivity index (χ0) is 18.0. The number of carbonyl (C=O) groups excluding carboxylic acids is 1. The summed E-state index contributed by atoms with van der Waals surface area (Å²) in [6.45, 7) is 0.553. The Bertz CT molecular complexity index is 742. The van der Waals surface area contributed by atoms with E-state index in [4.69, 9.17) is 0 Å². The van der Waals surface area contributed by atoms with Crippen LogP contribution in [0.1, 0.15) is 41.0 Å². The number of likely N-dealkylation sites (tertiary alicyclic amines) is 1. The van der Waals surface area contributed by atoms with Gasteiger partial charge in [-0.2, -0.15) is 18.3 Å². The third-order valence-electron chi connectivity index (χ3n) is 4.54. The molecule has 0 saturated carbocycles. The maximum atomic E-state index is 12.9. The molecule has 0 bridgehead atoms. The quantitative estimate of drug-likeness (QED) is 0.850. The molecule has 0 spiro atoms. The standard InChI is InChI=1S/C17H19F3N4O/c1-23-15(17(18,19)20)11-14(22-23)16(25)24-10-2-3-13(24)5-4-12-6-8-21-9-7-12/h6-9,11,13H,2-5,10H2,1H3. The third-order valence-corrected chi connectivity index (χ3v) is 4.54. The second kappa shape index (κ2) is 6.85. The van der Waals surface area contributed by atoms with Crippen LogP contribution in [-0.4, -0.2) is 38.2 Å². The zero-order valence-corrected chi connectivity index (χ0v) is 13.8. The number of aromatic nitrogens is 3. The summed E-state index contributed by atoms with van der Waals surface area (Å²) < 4.78 is 39.4. The summed E-state index contributed by atoms with van der Waals surface area (Å²) in [5.74, 6) is -0.427. The van der Waals surface area contributed by atoms with Gasteiger partial charge in [-0.05, 0) is 43.4 Å². The molecule has 8 heteroatoms. The van der Waals surface area contributed by atoms with Gasteiger partial charge in [0, 0.05) is 38.1 Å². The lowest BCUT2D eigenvalue weighted by Gasteiger charge is -2.24. The van der Waals surface area contributed by atoms with Crippen molar-refractivity contribution in [1.29, 1.82) is 0 Å². The molecule has 1 fully saturated rings. The van der Waals surface area contributed by atoms with E-state index >= 15 is 0 Å². The molecule has 1 unspecified atom stereocenters. The first-order chi connectivity index (χ1) is 11.9. The normalized spacial score (nSPS) is 17.9. The van der Waals surface area contributed by atoms with Crippen molar-refractivity contribution in [3.8, 4) is 0 Å². The van der Waals surface area contributed by atoms with E-state index in [1.807, 2.05) is 12.1 Å². The number of pyridine rings is 1. The topological polar surface area (TPSA) is 51.0 Å². The minimum absolute atomic E-state index is 0.0250. The first-order valence-electron chi connectivity index (χ1n) is 8.17. The number of aryl methyl sites for hydroxylation is 2. The minimum atomic E-state index is -4.52. The van der Waals surface area contributed by atoms with Crippen molar-refractivity contribution in [3.63, 3.8) is 0 Å². The molecule has 3 heterocycles. The van der Waals surface area contributed by atoms with Crippen LogP contribution in [0.5, 0.6) is 0 Å². The van der Waals surface area contributed by atoms with Crippen molar-refractivity contribution >= 4 is 5.91 Å². The Labute approximate surface area is 143 Å². The summed E-state index contributed by atoms with van der Waals surface area (Å²) >= 11 is 0. The summed E-state index contributed by atoms with van der Waals surface area (Å²) in [5, 5.41) is 3.77. The second-order valence-corrected chi connectivity index (χ2v) is 6.22. The Morgan fingerprint density at radius 3 is 2.68 bits per heavy atom. The summed E-state index contributed by atoms with van der Waals surface area (Å²) in [7, 11) is 1.20. The van der Waals surface area contributed by atoms with Gasteiger partial charge < -0.3 is 4.90 Å². The number of rotatable bonds is 4. The van der Waals surface area contributed by atoms with E-state index in [1.165, 1.54) is 7.05 Å². The summed E-state index contributed by atoms with van der Waals surface area (Å²) in [5.41, 5.74) is 0.0699. The molecule has 5 nitrogen and oxygen atoms in total. The van der Waals surface area contributed by atoms with Crippen molar-refractivity contribution in [1.82, 2.24) is 19.7 Å². The van der Waals surface area contributed by atoms with Crippen molar-refractivity contribution in [2.75, 3.05) is 6.54 Å². The van der Waals surface area contributed by atoms with Crippen molar-refractivity contribution in [2.24, 2.45) is 7.05 Å². The van der Waals surface area contributed by atoms with Gasteiger partial charge in [-0.3, -0.25) is 14.5 Å². The predicted octanol–water partition coefficient (Wildman–Crippen LogP) is 3.07. The molecule has 0 radical (unpaired) electrons. The van der Waals surface area contributed by atoms with Crippen LogP contribution in [0.2, 0.25) is 0 Å². The van der Waals surface area contributed by atoms with E-state index < -0.39 is 17.8 Å². The van der Waals surface area contributed by atoms with Crippen molar-refractivity contribution < 1.29 is 18.0 Å². The molecule has 134 valence electrons. The fourth-order valence-electron chi connectivity index (χ4n) is 3.27. The van der Waals surface area contributed by atoms with Crippen LogP contribution in [-0.2, 0) is 19.6 Å². The van der Waals surface area contributed by atoms with E-state index in [2.05, 4.69) is 10.1 Å². The Balaban J connectivity index is 1.70. The fraction of sp³-hybridized carbons (Fsp3) is 0.471. The van der Waals surface area contributed by atoms with E-state index in [1.54, 1.807) is 17.3 Å². The number of hydrogen-bond acceptors (Lipinski definition) is 3. The second-order valence-electron chi connectivity index (χ2n) is 6.22. The highest BCUT2D eigenvalue weighted by Gasteiger charge is 2.37. The fourth-order valence-corrected chi connectivity index (χ4v) is 3.27. The van der Waals surface area contributed by atoms with Crippen LogP contribution in [0, 0.1) is 0 Å². The Morgan fingerprint density at radius 1 is 1.32 bits per heavy atom. The molecule has 1 atom stereocenters. The van der Waals surface area contributed by atoms with Gasteiger partial charge in [0.05, 0.1) is 0 Å². The van der Waals surface area contributed by atoms with Gasteiger partial charge in [0.25, 0.3) is 5.91 Å². The smallest absolute Gasteiger partial charge is 0.334 e. The number of hydrogen-bond donors (Lipinski definition) is 0. The van der Waals surface area contributed by atoms with E-state index in [0.717, 1.165) is 42.0 Å². The van der Waals surface area contributed by atoms with Gasteiger partial charge in [0.1, 0.15) is 5.69 Å². The van der Waals surface area contributed by atoms with Crippen molar-refractivity contribution in [2.45, 2.75) is 37.9 Å². The first kappa shape index (κ1) is 17.4. The van der Waals surface area contributed by atoms with Gasteiger partial charge in [-0.1, -0.05) is 0 Å². The first-order valence-corrected chi connectivity index (χ1v) is 8.17. The van der Waals surface area contributed by atoms with Gasteiger partial charge in [-0.15, -0.1) is 0 Å². The molecule has 1 saturated heterocycles. The van der Waals surface area contributed by atoms with Crippen molar-refractivity contribution in [3.05, 3.63) is 47.5 Å². The van der Waals surface area contributed by atoms with Gasteiger partial charge in [-0.25, -0.2) is 0 Å². The van der Waals surface area contributed by atoms with Gasteiger partial charge in [0.2, 0.25) is 0 Å². The molecular formula is C17H19F3N4O. The number of nitrogens with zero attached hydrogens (tertiary/aromatic N) is 4. The Kier molecular flexibility index (Phi) is 4.78. The molecule has 1 aliphatic heterocycles. The third kappa shape index (κ3) is 3.83. The van der Waals surface area contributed by atoms with Gasteiger partial charge >= 0.3 is 6.18 Å². The SMILES string of the molecule is Cn1nc(C(=O)N2CCCC2CCc2ccncc2)cc1C(F)(F)F. The number of alkyl halides is 3. The maximum absolute atomic E-state index is 12.9. The Hall–Kier alpha value is -2.38. The van der Waals surface area contributed by atoms with E-state index in [9.17, 15) is 18.0 Å². The summed E-state index contributed by atoms with van der Waals surface area (Å²) in [4.78, 5) is 18.3. The Morgan fingerprint density at radius 2 is 2.04 bits per heavy atom. The lowest BCUT2D eigenvalue weighted by atomic mass is 10.0. The highest BCUT2D eigenvalue weighted by atomic mass is 19.4. The molecule has 1 amide bonds. The van der Waals surface area contributed by atoms with E-state index in [0.29, 0.717) is 6.54 Å². The maximum Gasteiger partial charge on any atom is 0.433 e. The summed E-state index contributed by atoms with van der Waals surface area (Å²) in [6, 6.07) is 4.71. The molecule has 2 aromatic heterocycles. The molecule has 0 aromatic carbocycles.